The van der Waals surface area contributed by atoms with Gasteiger partial charge in [-0.2, -0.15) is 0 Å². The molecule has 1 saturated heterocycles. The lowest BCUT2D eigenvalue weighted by atomic mass is 10.0. The minimum Gasteiger partial charge on any atom is -0.495 e. The number of nitrogens with one attached hydrogen (secondary N) is 1. The predicted molar refractivity (Wildman–Crippen MR) is 113 cm³/mol. The molecule has 2 aliphatic rings. The van der Waals surface area contributed by atoms with E-state index < -0.39 is 5.82 Å². The number of ether oxygens (including phenoxy) is 1. The molecule has 3 atom stereocenters. The van der Waals surface area contributed by atoms with E-state index in [1.807, 2.05) is 17.0 Å². The molecule has 0 unspecified atom stereocenters. The first kappa shape index (κ1) is 19.4. The molecule has 31 heavy (non-hydrogen) atoms. The van der Waals surface area contributed by atoms with Crippen molar-refractivity contribution >= 4 is 11.7 Å². The number of anilines is 1. The van der Waals surface area contributed by atoms with Crippen molar-refractivity contribution in [3.8, 4) is 17.1 Å². The summed E-state index contributed by atoms with van der Waals surface area (Å²) in [4.78, 5) is 28.1. The van der Waals surface area contributed by atoms with Gasteiger partial charge in [-0.3, -0.25) is 4.79 Å². The highest BCUT2D eigenvalue weighted by Gasteiger charge is 2.47. The Morgan fingerprint density at radius 2 is 1.97 bits per heavy atom. The SMILES string of the molecule is COc1ccc(N[C@@H]2C[C@H]3C[C@@H]2N(C(=O)c2cccc(F)c2-c2ncccn2)C3)nc1. The fourth-order valence-corrected chi connectivity index (χ4v) is 4.70. The Kier molecular flexibility index (Phi) is 4.97. The summed E-state index contributed by atoms with van der Waals surface area (Å²) in [6.45, 7) is 0.670. The van der Waals surface area contributed by atoms with Crippen LogP contribution in [0.15, 0.2) is 55.0 Å². The van der Waals surface area contributed by atoms with Crippen LogP contribution in [0.5, 0.6) is 5.75 Å². The summed E-state index contributed by atoms with van der Waals surface area (Å²) in [5, 5.41) is 3.46. The van der Waals surface area contributed by atoms with Gasteiger partial charge in [0.05, 0.1) is 30.5 Å². The fraction of sp³-hybridized carbons (Fsp3) is 0.304. The lowest BCUT2D eigenvalue weighted by Crippen LogP contribution is -2.47. The van der Waals surface area contributed by atoms with Crippen molar-refractivity contribution in [1.82, 2.24) is 19.9 Å². The van der Waals surface area contributed by atoms with Crippen molar-refractivity contribution < 1.29 is 13.9 Å². The highest BCUT2D eigenvalue weighted by Crippen LogP contribution is 2.40. The van der Waals surface area contributed by atoms with Gasteiger partial charge in [-0.15, -0.1) is 0 Å². The largest absolute Gasteiger partial charge is 0.495 e. The zero-order valence-corrected chi connectivity index (χ0v) is 17.0. The molecular weight excluding hydrogens is 397 g/mol. The Bertz CT molecular complexity index is 1090. The third-order valence-electron chi connectivity index (χ3n) is 6.08. The van der Waals surface area contributed by atoms with E-state index in [9.17, 15) is 9.18 Å². The number of methoxy groups -OCH3 is 1. The van der Waals surface area contributed by atoms with Gasteiger partial charge in [0.2, 0.25) is 0 Å². The number of pyridine rings is 1. The third kappa shape index (κ3) is 3.58. The summed E-state index contributed by atoms with van der Waals surface area (Å²) >= 11 is 0. The molecule has 2 fully saturated rings. The number of aromatic nitrogens is 3. The smallest absolute Gasteiger partial charge is 0.255 e. The second-order valence-electron chi connectivity index (χ2n) is 7.93. The standard InChI is InChI=1S/C23H22FN5O2/c1-31-15-6-7-20(27-12-15)28-18-10-14-11-19(18)29(13-14)23(30)16-4-2-5-17(24)21(16)22-25-8-3-9-26-22/h2-9,12,14,18-19H,10-11,13H2,1H3,(H,27,28)/t14-,18+,19-/m0/s1. The van der Waals surface area contributed by atoms with Crippen LogP contribution in [0.2, 0.25) is 0 Å². The molecule has 3 aromatic rings. The van der Waals surface area contributed by atoms with Crippen molar-refractivity contribution in [2.24, 2.45) is 5.92 Å². The zero-order valence-electron chi connectivity index (χ0n) is 17.0. The van der Waals surface area contributed by atoms with Crippen LogP contribution < -0.4 is 10.1 Å². The summed E-state index contributed by atoms with van der Waals surface area (Å²) in [6, 6.07) is 10.0. The number of piperidine rings is 1. The van der Waals surface area contributed by atoms with Gasteiger partial charge in [0.25, 0.3) is 5.91 Å². The van der Waals surface area contributed by atoms with E-state index in [0.717, 1.165) is 18.7 Å². The number of hydrogen-bond acceptors (Lipinski definition) is 6. The molecule has 5 rings (SSSR count). The second kappa shape index (κ2) is 7.94. The van der Waals surface area contributed by atoms with E-state index >= 15 is 0 Å². The average Bonchev–Trinajstić information content (AvgIpc) is 3.40. The highest BCUT2D eigenvalue weighted by atomic mass is 19.1. The summed E-state index contributed by atoms with van der Waals surface area (Å²) < 4.78 is 19.9. The number of benzene rings is 1. The maximum absolute atomic E-state index is 14.7. The van der Waals surface area contributed by atoms with Crippen molar-refractivity contribution in [2.75, 3.05) is 19.0 Å². The zero-order chi connectivity index (χ0) is 21.4. The first-order valence-electron chi connectivity index (χ1n) is 10.3. The number of nitrogens with zero attached hydrogens (tertiary/aromatic N) is 4. The third-order valence-corrected chi connectivity index (χ3v) is 6.08. The number of halogens is 1. The van der Waals surface area contributed by atoms with Crippen LogP contribution in [0.4, 0.5) is 10.2 Å². The summed E-state index contributed by atoms with van der Waals surface area (Å²) in [5.41, 5.74) is 0.442. The van der Waals surface area contributed by atoms with Crippen LogP contribution in [-0.2, 0) is 0 Å². The highest BCUT2D eigenvalue weighted by molar-refractivity contribution is 6.00. The Hall–Kier alpha value is -3.55. The van der Waals surface area contributed by atoms with Gasteiger partial charge >= 0.3 is 0 Å². The Morgan fingerprint density at radius 3 is 2.68 bits per heavy atom. The number of amides is 1. The molecule has 158 valence electrons. The first-order valence-corrected chi connectivity index (χ1v) is 10.3. The van der Waals surface area contributed by atoms with Gasteiger partial charge in [-0.25, -0.2) is 19.3 Å². The van der Waals surface area contributed by atoms with E-state index in [1.54, 1.807) is 43.9 Å². The Morgan fingerprint density at radius 1 is 1.13 bits per heavy atom. The number of rotatable bonds is 5. The van der Waals surface area contributed by atoms with E-state index in [-0.39, 0.29) is 29.4 Å². The molecule has 3 heterocycles. The van der Waals surface area contributed by atoms with Crippen LogP contribution in [-0.4, -0.2) is 51.5 Å². The average molecular weight is 419 g/mol. The molecule has 1 saturated carbocycles. The van der Waals surface area contributed by atoms with Crippen molar-refractivity contribution in [3.63, 3.8) is 0 Å². The molecule has 2 bridgehead atoms. The maximum Gasteiger partial charge on any atom is 0.255 e. The quantitative estimate of drug-likeness (QED) is 0.683. The second-order valence-corrected chi connectivity index (χ2v) is 7.93. The monoisotopic (exact) mass is 419 g/mol. The lowest BCUT2D eigenvalue weighted by Gasteiger charge is -2.34. The van der Waals surface area contributed by atoms with Gasteiger partial charge in [0, 0.05) is 25.0 Å². The fourth-order valence-electron chi connectivity index (χ4n) is 4.70. The van der Waals surface area contributed by atoms with Crippen molar-refractivity contribution in [1.29, 1.82) is 0 Å². The number of hydrogen-bond donors (Lipinski definition) is 1. The molecule has 8 heteroatoms. The van der Waals surface area contributed by atoms with Crippen LogP contribution in [0.1, 0.15) is 23.2 Å². The van der Waals surface area contributed by atoms with E-state index in [1.165, 1.54) is 6.07 Å². The minimum atomic E-state index is -0.501. The molecule has 0 spiro atoms. The summed E-state index contributed by atoms with van der Waals surface area (Å²) in [6.07, 6.45) is 6.65. The molecule has 0 radical (unpaired) electrons. The van der Waals surface area contributed by atoms with E-state index in [2.05, 4.69) is 20.3 Å². The summed E-state index contributed by atoms with van der Waals surface area (Å²) in [7, 11) is 1.60. The van der Waals surface area contributed by atoms with Crippen LogP contribution in [0, 0.1) is 11.7 Å². The first-order chi connectivity index (χ1) is 15.1. The Labute approximate surface area is 179 Å². The van der Waals surface area contributed by atoms with Crippen LogP contribution >= 0.6 is 0 Å². The molecule has 2 aromatic heterocycles. The van der Waals surface area contributed by atoms with Crippen LogP contribution in [0.3, 0.4) is 0 Å². The number of carbonyl (C=O) groups is 1. The number of likely N-dealkylation sites (tertiary alicyclic amines) is 1. The van der Waals surface area contributed by atoms with E-state index in [4.69, 9.17) is 4.74 Å². The van der Waals surface area contributed by atoms with E-state index in [0.29, 0.717) is 23.8 Å². The molecular formula is C23H22FN5O2. The minimum absolute atomic E-state index is 0.0224. The summed E-state index contributed by atoms with van der Waals surface area (Å²) in [5.74, 6) is 1.37. The van der Waals surface area contributed by atoms with Crippen molar-refractivity contribution in [3.05, 3.63) is 66.4 Å². The Balaban J connectivity index is 1.40. The van der Waals surface area contributed by atoms with Gasteiger partial charge < -0.3 is 15.0 Å². The normalized spacial score (nSPS) is 21.9. The van der Waals surface area contributed by atoms with Gasteiger partial charge in [-0.05, 0) is 49.1 Å². The molecule has 1 aromatic carbocycles. The van der Waals surface area contributed by atoms with Gasteiger partial charge in [0.1, 0.15) is 17.4 Å². The topological polar surface area (TPSA) is 80.2 Å². The number of carbonyl (C=O) groups excluding carboxylic acids is 1. The maximum atomic E-state index is 14.7. The molecule has 1 amide bonds. The molecule has 1 aliphatic heterocycles. The molecule has 1 aliphatic carbocycles. The molecule has 1 N–H and O–H groups in total. The molecule has 7 nitrogen and oxygen atoms in total. The van der Waals surface area contributed by atoms with Gasteiger partial charge in [-0.1, -0.05) is 6.07 Å². The number of fused-ring (bicyclic) bond motifs is 2. The van der Waals surface area contributed by atoms with Gasteiger partial charge in [0.15, 0.2) is 5.82 Å². The van der Waals surface area contributed by atoms with Crippen molar-refractivity contribution in [2.45, 2.75) is 24.9 Å². The van der Waals surface area contributed by atoms with Crippen LogP contribution in [0.25, 0.3) is 11.4 Å². The predicted octanol–water partition coefficient (Wildman–Crippen LogP) is 3.40. The lowest BCUT2D eigenvalue weighted by molar-refractivity contribution is 0.0692.